The van der Waals surface area contributed by atoms with Crippen LogP contribution in [0.5, 0.6) is 0 Å². The molecule has 0 amide bonds. The summed E-state index contributed by atoms with van der Waals surface area (Å²) < 4.78 is 26.9. The van der Waals surface area contributed by atoms with Crippen molar-refractivity contribution in [2.24, 2.45) is 4.99 Å². The maximum atomic E-state index is 12.0. The molecule has 2 aromatic rings. The van der Waals surface area contributed by atoms with Crippen molar-refractivity contribution in [3.05, 3.63) is 52.4 Å². The Morgan fingerprint density at radius 2 is 2.04 bits per heavy atom. The van der Waals surface area contributed by atoms with Crippen molar-refractivity contribution in [1.82, 2.24) is 14.9 Å². The first-order chi connectivity index (χ1) is 11.9. The van der Waals surface area contributed by atoms with E-state index >= 15 is 0 Å². The highest BCUT2D eigenvalue weighted by molar-refractivity contribution is 14.0. The highest BCUT2D eigenvalue weighted by Gasteiger charge is 2.14. The van der Waals surface area contributed by atoms with E-state index in [4.69, 9.17) is 11.6 Å². The number of aliphatic imine (C=N–C) groups is 1. The van der Waals surface area contributed by atoms with Gasteiger partial charge >= 0.3 is 0 Å². The third kappa shape index (κ3) is 7.03. The predicted molar refractivity (Wildman–Crippen MR) is 119 cm³/mol. The van der Waals surface area contributed by atoms with Gasteiger partial charge in [-0.3, -0.25) is 4.99 Å². The number of sulfonamides is 1. The Labute approximate surface area is 180 Å². The van der Waals surface area contributed by atoms with Crippen LogP contribution in [0.25, 0.3) is 0 Å². The predicted octanol–water partition coefficient (Wildman–Crippen LogP) is 3.01. The van der Waals surface area contributed by atoms with Gasteiger partial charge in [0.25, 0.3) is 0 Å². The standard InChI is InChI=1S/C16H21ClN4O2S2.HI/c1-18-16(21(2)12-13-5-3-6-14(17)11-13)19-8-9-20-25(22,23)15-7-4-10-24-15;/h3-7,10-11,20H,8-9,12H2,1-2H3,(H,18,19);1H. The van der Waals surface area contributed by atoms with Gasteiger partial charge in [0, 0.05) is 38.8 Å². The molecule has 0 radical (unpaired) electrons. The van der Waals surface area contributed by atoms with Crippen molar-refractivity contribution in [2.45, 2.75) is 10.8 Å². The molecule has 2 N–H and O–H groups in total. The van der Waals surface area contributed by atoms with Crippen molar-refractivity contribution in [3.8, 4) is 0 Å². The SMILES string of the molecule is CN=C(NCCNS(=O)(=O)c1cccs1)N(C)Cc1cccc(Cl)c1.I. The van der Waals surface area contributed by atoms with E-state index in [1.165, 1.54) is 11.3 Å². The van der Waals surface area contributed by atoms with Crippen molar-refractivity contribution in [2.75, 3.05) is 27.2 Å². The highest BCUT2D eigenvalue weighted by atomic mass is 127. The van der Waals surface area contributed by atoms with E-state index in [2.05, 4.69) is 15.0 Å². The Hall–Kier alpha value is -0.880. The summed E-state index contributed by atoms with van der Waals surface area (Å²) in [5.41, 5.74) is 1.07. The smallest absolute Gasteiger partial charge is 0.250 e. The van der Waals surface area contributed by atoms with Gasteiger partial charge in [-0.25, -0.2) is 13.1 Å². The van der Waals surface area contributed by atoms with Gasteiger partial charge in [-0.2, -0.15) is 0 Å². The summed E-state index contributed by atoms with van der Waals surface area (Å²) in [4.78, 5) is 6.16. The molecule has 0 unspecified atom stereocenters. The monoisotopic (exact) mass is 528 g/mol. The van der Waals surface area contributed by atoms with Crippen molar-refractivity contribution in [3.63, 3.8) is 0 Å². The van der Waals surface area contributed by atoms with Gasteiger partial charge in [0.2, 0.25) is 10.0 Å². The van der Waals surface area contributed by atoms with Crippen LogP contribution in [0.4, 0.5) is 0 Å². The van der Waals surface area contributed by atoms with Crippen LogP contribution < -0.4 is 10.0 Å². The average molecular weight is 529 g/mol. The summed E-state index contributed by atoms with van der Waals surface area (Å²) in [7, 11) is 0.161. The second-order valence-corrected chi connectivity index (χ2v) is 8.67. The Morgan fingerprint density at radius 3 is 2.65 bits per heavy atom. The van der Waals surface area contributed by atoms with E-state index in [0.717, 1.165) is 5.56 Å². The van der Waals surface area contributed by atoms with Crippen LogP contribution in [0.2, 0.25) is 5.02 Å². The molecule has 0 saturated heterocycles. The lowest BCUT2D eigenvalue weighted by Crippen LogP contribution is -2.42. The fourth-order valence-electron chi connectivity index (χ4n) is 2.22. The van der Waals surface area contributed by atoms with Gasteiger partial charge in [-0.15, -0.1) is 35.3 Å². The number of hydrogen-bond donors (Lipinski definition) is 2. The molecule has 10 heteroatoms. The Balaban J connectivity index is 0.00000338. The van der Waals surface area contributed by atoms with Crippen LogP contribution in [0.3, 0.4) is 0 Å². The molecule has 0 saturated carbocycles. The molecule has 0 fully saturated rings. The molecule has 0 aliphatic heterocycles. The second kappa shape index (κ2) is 11.1. The molecular formula is C16H22ClIN4O2S2. The van der Waals surface area contributed by atoms with Crippen LogP contribution in [-0.2, 0) is 16.6 Å². The number of hydrogen-bond acceptors (Lipinski definition) is 4. The summed E-state index contributed by atoms with van der Waals surface area (Å²) in [6.45, 7) is 1.34. The third-order valence-electron chi connectivity index (χ3n) is 3.34. The lowest BCUT2D eigenvalue weighted by atomic mass is 10.2. The summed E-state index contributed by atoms with van der Waals surface area (Å²) in [5, 5.41) is 5.57. The van der Waals surface area contributed by atoms with Gasteiger partial charge in [0.15, 0.2) is 5.96 Å². The summed E-state index contributed by atoms with van der Waals surface area (Å²) in [6.07, 6.45) is 0. The van der Waals surface area contributed by atoms with Gasteiger partial charge in [0.05, 0.1) is 0 Å². The number of thiophene rings is 1. The molecule has 144 valence electrons. The first kappa shape index (κ1) is 23.2. The third-order valence-corrected chi connectivity index (χ3v) is 6.44. The molecule has 1 aromatic heterocycles. The first-order valence-electron chi connectivity index (χ1n) is 7.62. The normalized spacial score (nSPS) is 11.7. The number of nitrogens with one attached hydrogen (secondary N) is 2. The van der Waals surface area contributed by atoms with Crippen LogP contribution in [0.1, 0.15) is 5.56 Å². The van der Waals surface area contributed by atoms with E-state index in [1.54, 1.807) is 24.6 Å². The fourth-order valence-corrected chi connectivity index (χ4v) is 4.50. The average Bonchev–Trinajstić information content (AvgIpc) is 3.10. The summed E-state index contributed by atoms with van der Waals surface area (Å²) in [6, 6.07) is 10.9. The topological polar surface area (TPSA) is 73.8 Å². The minimum absolute atomic E-state index is 0. The second-order valence-electron chi connectivity index (χ2n) is 5.29. The van der Waals surface area contributed by atoms with E-state index in [0.29, 0.717) is 28.3 Å². The molecule has 26 heavy (non-hydrogen) atoms. The van der Waals surface area contributed by atoms with Gasteiger partial charge in [-0.1, -0.05) is 29.8 Å². The maximum absolute atomic E-state index is 12.0. The molecule has 0 bridgehead atoms. The summed E-state index contributed by atoms with van der Waals surface area (Å²) in [5.74, 6) is 0.676. The number of rotatable bonds is 7. The summed E-state index contributed by atoms with van der Waals surface area (Å²) >= 11 is 7.19. The number of guanidine groups is 1. The van der Waals surface area contributed by atoms with Gasteiger partial charge < -0.3 is 10.2 Å². The number of nitrogens with zero attached hydrogens (tertiary/aromatic N) is 2. The zero-order valence-electron chi connectivity index (χ0n) is 14.5. The van der Waals surface area contributed by atoms with Crippen LogP contribution in [0, 0.1) is 0 Å². The Morgan fingerprint density at radius 1 is 1.27 bits per heavy atom. The van der Waals surface area contributed by atoms with E-state index in [1.807, 2.05) is 36.2 Å². The largest absolute Gasteiger partial charge is 0.355 e. The van der Waals surface area contributed by atoms with Crippen LogP contribution >= 0.6 is 46.9 Å². The molecule has 0 aliphatic rings. The van der Waals surface area contributed by atoms with E-state index < -0.39 is 10.0 Å². The van der Waals surface area contributed by atoms with Gasteiger partial charge in [-0.05, 0) is 29.1 Å². The van der Waals surface area contributed by atoms with Crippen LogP contribution in [-0.4, -0.2) is 46.5 Å². The first-order valence-corrected chi connectivity index (χ1v) is 10.4. The van der Waals surface area contributed by atoms with Crippen LogP contribution in [0.15, 0.2) is 51.0 Å². The Bertz CT molecular complexity index is 813. The fraction of sp³-hybridized carbons (Fsp3) is 0.312. The molecule has 0 atom stereocenters. The van der Waals surface area contributed by atoms with E-state index in [9.17, 15) is 8.42 Å². The highest BCUT2D eigenvalue weighted by Crippen LogP contribution is 2.15. The quantitative estimate of drug-likeness (QED) is 0.251. The van der Waals surface area contributed by atoms with Gasteiger partial charge in [0.1, 0.15) is 4.21 Å². The number of halogens is 2. The Kier molecular flexibility index (Phi) is 9.86. The zero-order chi connectivity index (χ0) is 18.3. The lowest BCUT2D eigenvalue weighted by Gasteiger charge is -2.22. The van der Waals surface area contributed by atoms with E-state index in [-0.39, 0.29) is 30.5 Å². The molecule has 1 aromatic carbocycles. The minimum Gasteiger partial charge on any atom is -0.355 e. The molecule has 6 nitrogen and oxygen atoms in total. The molecule has 0 aliphatic carbocycles. The molecule has 2 rings (SSSR count). The lowest BCUT2D eigenvalue weighted by molar-refractivity contribution is 0.477. The minimum atomic E-state index is -3.43. The molecular weight excluding hydrogens is 507 g/mol. The maximum Gasteiger partial charge on any atom is 0.250 e. The molecule has 1 heterocycles. The molecule has 0 spiro atoms. The number of benzene rings is 1. The zero-order valence-corrected chi connectivity index (χ0v) is 19.2. The van der Waals surface area contributed by atoms with Crippen molar-refractivity contribution >= 4 is 62.9 Å². The van der Waals surface area contributed by atoms with Crippen molar-refractivity contribution in [1.29, 1.82) is 0 Å². The van der Waals surface area contributed by atoms with Crippen molar-refractivity contribution < 1.29 is 8.42 Å².